The van der Waals surface area contributed by atoms with Crippen molar-refractivity contribution in [2.45, 2.75) is 38.8 Å². The van der Waals surface area contributed by atoms with Crippen LogP contribution in [-0.2, 0) is 4.74 Å². The van der Waals surface area contributed by atoms with Gasteiger partial charge in [0.1, 0.15) is 0 Å². The van der Waals surface area contributed by atoms with Crippen molar-refractivity contribution in [1.82, 2.24) is 10.3 Å². The fourth-order valence-corrected chi connectivity index (χ4v) is 2.29. The molecule has 4 heteroatoms. The van der Waals surface area contributed by atoms with E-state index in [1.54, 1.807) is 18.4 Å². The molecule has 0 aromatic carbocycles. The van der Waals surface area contributed by atoms with Crippen LogP contribution in [0.4, 0.5) is 0 Å². The molecule has 3 nitrogen and oxygen atoms in total. The van der Waals surface area contributed by atoms with E-state index < -0.39 is 0 Å². The van der Waals surface area contributed by atoms with E-state index in [0.29, 0.717) is 12.1 Å². The monoisotopic (exact) mass is 228 g/mol. The Labute approximate surface area is 95.9 Å². The van der Waals surface area contributed by atoms with E-state index >= 15 is 0 Å². The molecule has 0 fully saturated rings. The van der Waals surface area contributed by atoms with E-state index in [4.69, 9.17) is 4.74 Å². The molecular formula is C11H20N2OS. The van der Waals surface area contributed by atoms with Gasteiger partial charge in [-0.3, -0.25) is 0 Å². The van der Waals surface area contributed by atoms with Crippen LogP contribution in [0.2, 0.25) is 0 Å². The smallest absolute Gasteiger partial charge is 0.0795 e. The molecule has 86 valence electrons. The first-order chi connectivity index (χ1) is 7.27. The molecule has 0 aliphatic rings. The fraction of sp³-hybridized carbons (Fsp3) is 0.727. The van der Waals surface area contributed by atoms with Gasteiger partial charge in [0.15, 0.2) is 0 Å². The number of methoxy groups -OCH3 is 1. The Morgan fingerprint density at radius 1 is 1.60 bits per heavy atom. The zero-order chi connectivity index (χ0) is 11.1. The second kappa shape index (κ2) is 6.93. The fourth-order valence-electron chi connectivity index (χ4n) is 1.64. The summed E-state index contributed by atoms with van der Waals surface area (Å²) >= 11 is 1.64. The third-order valence-corrected chi connectivity index (χ3v) is 2.99. The molecule has 0 radical (unpaired) electrons. The molecule has 0 amide bonds. The van der Waals surface area contributed by atoms with Gasteiger partial charge in [0.05, 0.1) is 17.8 Å². The minimum Gasteiger partial charge on any atom is -0.383 e. The van der Waals surface area contributed by atoms with Gasteiger partial charge < -0.3 is 10.1 Å². The lowest BCUT2D eigenvalue weighted by molar-refractivity contribution is 0.157. The summed E-state index contributed by atoms with van der Waals surface area (Å²) in [6, 6.07) is 0.736. The lowest BCUT2D eigenvalue weighted by atomic mass is 10.1. The molecule has 0 saturated carbocycles. The average molecular weight is 228 g/mol. The summed E-state index contributed by atoms with van der Waals surface area (Å²) in [7, 11) is 1.75. The summed E-state index contributed by atoms with van der Waals surface area (Å²) in [5.41, 5.74) is 3.00. The zero-order valence-corrected chi connectivity index (χ0v) is 10.5. The molecule has 0 saturated heterocycles. The third kappa shape index (κ3) is 4.28. The van der Waals surface area contributed by atoms with Crippen LogP contribution in [0.5, 0.6) is 0 Å². The van der Waals surface area contributed by atoms with Gasteiger partial charge >= 0.3 is 0 Å². The number of hydrogen-bond acceptors (Lipinski definition) is 4. The highest BCUT2D eigenvalue weighted by molar-refractivity contribution is 7.07. The lowest BCUT2D eigenvalue weighted by Gasteiger charge is -2.21. The topological polar surface area (TPSA) is 34.1 Å². The Morgan fingerprint density at radius 2 is 2.40 bits per heavy atom. The van der Waals surface area contributed by atoms with E-state index in [0.717, 1.165) is 18.7 Å². The largest absolute Gasteiger partial charge is 0.383 e. The molecule has 1 aromatic rings. The minimum atomic E-state index is 0.308. The first kappa shape index (κ1) is 12.6. The number of aromatic nitrogens is 1. The lowest BCUT2D eigenvalue weighted by Crippen LogP contribution is -2.35. The first-order valence-corrected chi connectivity index (χ1v) is 6.35. The quantitative estimate of drug-likeness (QED) is 0.779. The van der Waals surface area contributed by atoms with Crippen molar-refractivity contribution in [3.63, 3.8) is 0 Å². The van der Waals surface area contributed by atoms with Crippen molar-refractivity contribution in [2.75, 3.05) is 13.7 Å². The molecule has 0 spiro atoms. The van der Waals surface area contributed by atoms with E-state index in [1.165, 1.54) is 6.42 Å². The molecule has 1 rings (SSSR count). The second-order valence-corrected chi connectivity index (χ2v) is 4.46. The van der Waals surface area contributed by atoms with Gasteiger partial charge in [-0.2, -0.15) is 0 Å². The highest BCUT2D eigenvalue weighted by Crippen LogP contribution is 2.13. The predicted octanol–water partition coefficient (Wildman–Crippen LogP) is 2.61. The second-order valence-electron chi connectivity index (χ2n) is 3.74. The summed E-state index contributed by atoms with van der Waals surface area (Å²) in [5.74, 6) is 0. The summed E-state index contributed by atoms with van der Waals surface area (Å²) in [5, 5.41) is 5.63. The molecule has 2 atom stereocenters. The van der Waals surface area contributed by atoms with Gasteiger partial charge in [0, 0.05) is 24.6 Å². The Kier molecular flexibility index (Phi) is 5.83. The van der Waals surface area contributed by atoms with Crippen molar-refractivity contribution in [2.24, 2.45) is 0 Å². The van der Waals surface area contributed by atoms with Crippen LogP contribution in [-0.4, -0.2) is 24.7 Å². The first-order valence-electron chi connectivity index (χ1n) is 5.41. The van der Waals surface area contributed by atoms with Crippen LogP contribution in [0.15, 0.2) is 10.9 Å². The van der Waals surface area contributed by atoms with Crippen molar-refractivity contribution < 1.29 is 4.74 Å². The molecular weight excluding hydrogens is 208 g/mol. The van der Waals surface area contributed by atoms with Crippen LogP contribution in [0, 0.1) is 0 Å². The number of rotatable bonds is 7. The number of hydrogen-bond donors (Lipinski definition) is 1. The van der Waals surface area contributed by atoms with Gasteiger partial charge in [-0.25, -0.2) is 4.98 Å². The van der Waals surface area contributed by atoms with Gasteiger partial charge in [-0.15, -0.1) is 11.3 Å². The highest BCUT2D eigenvalue weighted by atomic mass is 32.1. The van der Waals surface area contributed by atoms with E-state index in [1.807, 2.05) is 5.51 Å². The normalized spacial score (nSPS) is 15.1. The number of nitrogens with one attached hydrogen (secondary N) is 1. The average Bonchev–Trinajstić information content (AvgIpc) is 2.71. The van der Waals surface area contributed by atoms with Crippen LogP contribution in [0.3, 0.4) is 0 Å². The number of thiazole rings is 1. The highest BCUT2D eigenvalue weighted by Gasteiger charge is 2.13. The predicted molar refractivity (Wildman–Crippen MR) is 64.2 cm³/mol. The molecule has 1 aromatic heterocycles. The van der Waals surface area contributed by atoms with Crippen LogP contribution < -0.4 is 5.32 Å². The van der Waals surface area contributed by atoms with Gasteiger partial charge in [0.2, 0.25) is 0 Å². The number of nitrogens with zero attached hydrogens (tertiary/aromatic N) is 1. The molecule has 0 aliphatic heterocycles. The molecule has 15 heavy (non-hydrogen) atoms. The SMILES string of the molecule is CCCC(COC)NC(C)c1cscn1. The maximum atomic E-state index is 5.19. The zero-order valence-electron chi connectivity index (χ0n) is 9.69. The van der Waals surface area contributed by atoms with Gasteiger partial charge in [-0.1, -0.05) is 13.3 Å². The van der Waals surface area contributed by atoms with Crippen LogP contribution >= 0.6 is 11.3 Å². The van der Waals surface area contributed by atoms with Gasteiger partial charge in [0.25, 0.3) is 0 Å². The Bertz CT molecular complexity index is 245. The van der Waals surface area contributed by atoms with Crippen molar-refractivity contribution >= 4 is 11.3 Å². The van der Waals surface area contributed by atoms with Crippen LogP contribution in [0.1, 0.15) is 38.4 Å². The Morgan fingerprint density at radius 3 is 2.93 bits per heavy atom. The number of ether oxygens (including phenoxy) is 1. The summed E-state index contributed by atoms with van der Waals surface area (Å²) < 4.78 is 5.19. The summed E-state index contributed by atoms with van der Waals surface area (Å²) in [6.07, 6.45) is 2.31. The van der Waals surface area contributed by atoms with E-state index in [2.05, 4.69) is 29.5 Å². The minimum absolute atomic E-state index is 0.308. The maximum Gasteiger partial charge on any atom is 0.0795 e. The maximum absolute atomic E-state index is 5.19. The van der Waals surface area contributed by atoms with Gasteiger partial charge in [-0.05, 0) is 13.3 Å². The van der Waals surface area contributed by atoms with E-state index in [9.17, 15) is 0 Å². The molecule has 0 aliphatic carbocycles. The third-order valence-electron chi connectivity index (χ3n) is 2.39. The van der Waals surface area contributed by atoms with E-state index in [-0.39, 0.29) is 0 Å². The Hall–Kier alpha value is -0.450. The van der Waals surface area contributed by atoms with Crippen molar-refractivity contribution in [3.8, 4) is 0 Å². The molecule has 2 unspecified atom stereocenters. The molecule has 1 heterocycles. The van der Waals surface area contributed by atoms with Crippen molar-refractivity contribution in [1.29, 1.82) is 0 Å². The molecule has 0 bridgehead atoms. The summed E-state index contributed by atoms with van der Waals surface area (Å²) in [6.45, 7) is 5.10. The summed E-state index contributed by atoms with van der Waals surface area (Å²) in [4.78, 5) is 4.30. The van der Waals surface area contributed by atoms with Crippen molar-refractivity contribution in [3.05, 3.63) is 16.6 Å². The Balaban J connectivity index is 2.43. The standard InChI is InChI=1S/C11H20N2OS/c1-4-5-10(6-14-3)13-9(2)11-7-15-8-12-11/h7-10,13H,4-6H2,1-3H3. The van der Waals surface area contributed by atoms with Crippen LogP contribution in [0.25, 0.3) is 0 Å². The molecule has 1 N–H and O–H groups in total.